The standard InChI is InChI=1S/C13H10BrClOS.C13H10BrClS.C13H11ClS.C12H8BClO2S.C12H6BrClS.C7H9BO2S.C6H4BrCl/c1-17(16)13-6-5-10(14)8-12(13)9-3-2-4-11(15)7-9;1-16-13-6-5-10(14)8-12(13)9-3-2-4-11(15)7-9;1-15-13-8-3-2-7-12(13)10-5-4-6-11(14)9-10;14-10-3-1-2-8-9-6-7(13(15)16)4-5-11(9)17-12(8)10;13-7-4-5-11-9(6-7)8-2-1-3-10(14)12(8)15-11;1-11-7-5-3-2-4-6(7)8(9)10;7-5-2-1-3-6(8)4-5/h2-8H,1H3;2-8H,1H3;2-9H,1H3;1-6,15-16H;1-6H;2-5,9-10H,1H3;1-4H. The van der Waals surface area contributed by atoms with Crippen molar-refractivity contribution in [2.45, 2.75) is 19.6 Å². The van der Waals surface area contributed by atoms with Gasteiger partial charge in [0.05, 0.1) is 30.2 Å². The van der Waals surface area contributed by atoms with Crippen LogP contribution in [0.25, 0.3) is 73.7 Å². The summed E-state index contributed by atoms with van der Waals surface area (Å²) in [6.45, 7) is 0. The van der Waals surface area contributed by atoms with Gasteiger partial charge in [0.15, 0.2) is 0 Å². The van der Waals surface area contributed by atoms with Crippen LogP contribution in [-0.4, -0.2) is 63.6 Å². The summed E-state index contributed by atoms with van der Waals surface area (Å²) in [4.78, 5) is 4.25. The summed E-state index contributed by atoms with van der Waals surface area (Å²) in [5.41, 5.74) is 7.77. The lowest BCUT2D eigenvalue weighted by Crippen LogP contribution is -2.31. The predicted octanol–water partition coefficient (Wildman–Crippen LogP) is 25.8. The van der Waals surface area contributed by atoms with E-state index in [1.165, 1.54) is 58.4 Å². The molecule has 0 bridgehead atoms. The van der Waals surface area contributed by atoms with Crippen LogP contribution < -0.4 is 10.9 Å². The Morgan fingerprint density at radius 2 is 0.778 bits per heavy atom. The molecule has 0 aliphatic carbocycles. The Morgan fingerprint density at radius 3 is 1.26 bits per heavy atom. The zero-order valence-electron chi connectivity index (χ0n) is 52.8. The summed E-state index contributed by atoms with van der Waals surface area (Å²) in [6, 6.07) is 82.1. The molecule has 2 heterocycles. The molecule has 0 aliphatic heterocycles. The largest absolute Gasteiger partial charge is 0.489 e. The number of rotatable bonds is 9. The number of thioether (sulfide) groups is 3. The molecule has 0 radical (unpaired) electrons. The molecule has 23 heteroatoms. The molecule has 0 saturated heterocycles. The van der Waals surface area contributed by atoms with Gasteiger partial charge in [-0.05, 0) is 203 Å². The third kappa shape index (κ3) is 23.5. The number of hydrogen-bond acceptors (Lipinski definition) is 10. The average molecular weight is 1800 g/mol. The van der Waals surface area contributed by atoms with Crippen molar-refractivity contribution in [3.05, 3.63) is 303 Å². The predicted molar refractivity (Wildman–Crippen MR) is 455 cm³/mol. The lowest BCUT2D eigenvalue weighted by atomic mass is 9.80. The summed E-state index contributed by atoms with van der Waals surface area (Å²) in [7, 11) is -3.82. The maximum absolute atomic E-state index is 11.7. The summed E-state index contributed by atoms with van der Waals surface area (Å²) in [5, 5.41) is 45.3. The van der Waals surface area contributed by atoms with Crippen LogP contribution in [0.15, 0.2) is 292 Å². The van der Waals surface area contributed by atoms with E-state index in [4.69, 9.17) is 79.7 Å². The molecule has 0 amide bonds. The van der Waals surface area contributed by atoms with E-state index in [1.807, 2.05) is 158 Å². The quantitative estimate of drug-likeness (QED) is 0.0838. The van der Waals surface area contributed by atoms with Gasteiger partial charge in [-0.25, -0.2) is 0 Å². The lowest BCUT2D eigenvalue weighted by Gasteiger charge is -2.08. The number of thiophene rings is 2. The molecule has 0 aliphatic rings. The van der Waals surface area contributed by atoms with Crippen molar-refractivity contribution in [3.8, 4) is 33.4 Å². The molecule has 1 unspecified atom stereocenters. The van der Waals surface area contributed by atoms with Crippen molar-refractivity contribution in [2.75, 3.05) is 25.0 Å². The van der Waals surface area contributed by atoms with Gasteiger partial charge < -0.3 is 20.1 Å². The van der Waals surface area contributed by atoms with Gasteiger partial charge in [-0.15, -0.1) is 58.0 Å². The third-order valence-corrected chi connectivity index (χ3v) is 23.9. The van der Waals surface area contributed by atoms with Gasteiger partial charge in [0.2, 0.25) is 0 Å². The van der Waals surface area contributed by atoms with Crippen molar-refractivity contribution in [1.82, 2.24) is 0 Å². The van der Waals surface area contributed by atoms with Crippen LogP contribution in [0, 0.1) is 0 Å². The Kier molecular flexibility index (Phi) is 32.8. The van der Waals surface area contributed by atoms with Gasteiger partial charge >= 0.3 is 14.2 Å². The molecule has 14 aromatic rings. The van der Waals surface area contributed by atoms with Crippen LogP contribution in [0.1, 0.15) is 0 Å². The molecule has 504 valence electrons. The molecule has 14 rings (SSSR count). The number of fused-ring (bicyclic) bond motifs is 6. The SMILES string of the molecule is CS(=O)c1ccc(Br)cc1-c1cccc(Cl)c1.CSc1ccc(Br)cc1-c1cccc(Cl)c1.CSc1ccccc1-c1cccc(Cl)c1.CSc1ccccc1B(O)O.Clc1cccc(Br)c1.Clc1cccc2c1sc1ccc(Br)cc12.OB(O)c1ccc2sc3c(Cl)cccc3c2c1. The van der Waals surface area contributed by atoms with Crippen LogP contribution in [0.3, 0.4) is 0 Å². The first kappa shape index (κ1) is 80.6. The van der Waals surface area contributed by atoms with Gasteiger partial charge in [-0.2, -0.15) is 0 Å². The minimum Gasteiger partial charge on any atom is -0.423 e. The second kappa shape index (κ2) is 40.3. The highest BCUT2D eigenvalue weighted by molar-refractivity contribution is 9.11. The van der Waals surface area contributed by atoms with Crippen LogP contribution >= 0.6 is 191 Å². The van der Waals surface area contributed by atoms with Crippen molar-refractivity contribution in [1.29, 1.82) is 0 Å². The zero-order chi connectivity index (χ0) is 71.3. The first-order chi connectivity index (χ1) is 47.5. The fraction of sp³-hybridized carbons (Fsp3) is 0.0526. The lowest BCUT2D eigenvalue weighted by molar-refractivity contribution is 0.424. The Bertz CT molecular complexity index is 5050. The van der Waals surface area contributed by atoms with E-state index in [0.29, 0.717) is 15.9 Å². The highest BCUT2D eigenvalue weighted by Crippen LogP contribution is 2.41. The first-order valence-electron chi connectivity index (χ1n) is 29.6. The fourth-order valence-corrected chi connectivity index (χ4v) is 17.5. The minimum absolute atomic E-state index is 0.497. The van der Waals surface area contributed by atoms with E-state index in [1.54, 1.807) is 76.7 Å². The Hall–Kier alpha value is -4.09. The maximum Gasteiger partial charge on any atom is 0.489 e. The molecule has 4 N–H and O–H groups in total. The summed E-state index contributed by atoms with van der Waals surface area (Å²) >= 11 is 58.0. The summed E-state index contributed by atoms with van der Waals surface area (Å²) < 4.78 is 20.4. The fourth-order valence-electron chi connectivity index (χ4n) is 9.75. The van der Waals surface area contributed by atoms with E-state index in [-0.39, 0.29) is 0 Å². The zero-order valence-corrected chi connectivity index (χ0v) is 68.6. The highest BCUT2D eigenvalue weighted by atomic mass is 79.9. The Balaban J connectivity index is 0.000000149. The van der Waals surface area contributed by atoms with Crippen molar-refractivity contribution < 1.29 is 24.3 Å². The Morgan fingerprint density at radius 1 is 0.364 bits per heavy atom. The number of hydrogen-bond donors (Lipinski definition) is 4. The van der Waals surface area contributed by atoms with Crippen molar-refractivity contribution in [3.63, 3.8) is 0 Å². The Labute approximate surface area is 664 Å². The van der Waals surface area contributed by atoms with Gasteiger partial charge in [0.1, 0.15) is 0 Å². The van der Waals surface area contributed by atoms with E-state index in [0.717, 1.165) is 89.7 Å². The number of benzene rings is 12. The second-order valence-electron chi connectivity index (χ2n) is 20.9. The molecule has 0 fully saturated rings. The normalized spacial score (nSPS) is 10.8. The monoisotopic (exact) mass is 1790 g/mol. The van der Waals surface area contributed by atoms with Crippen LogP contribution in [-0.2, 0) is 10.8 Å². The van der Waals surface area contributed by atoms with Gasteiger partial charge in [-0.1, -0.05) is 249 Å². The highest BCUT2D eigenvalue weighted by Gasteiger charge is 2.17. The summed E-state index contributed by atoms with van der Waals surface area (Å²) in [5.74, 6) is 0. The molecule has 99 heavy (non-hydrogen) atoms. The van der Waals surface area contributed by atoms with Crippen LogP contribution in [0.4, 0.5) is 0 Å². The molecular formula is C76H58B2Br4Cl6O5S6. The van der Waals surface area contributed by atoms with Gasteiger partial charge in [-0.3, -0.25) is 4.21 Å². The molecule has 1 atom stereocenters. The summed E-state index contributed by atoms with van der Waals surface area (Å²) in [6.07, 6.45) is 7.75. The topological polar surface area (TPSA) is 98.0 Å². The molecule has 2 aromatic heterocycles. The minimum atomic E-state index is -1.44. The van der Waals surface area contributed by atoms with Gasteiger partial charge in [0.25, 0.3) is 0 Å². The smallest absolute Gasteiger partial charge is 0.423 e. The molecular weight excluding hydrogens is 1740 g/mol. The van der Waals surface area contributed by atoms with Crippen LogP contribution in [0.5, 0.6) is 0 Å². The van der Waals surface area contributed by atoms with E-state index in [2.05, 4.69) is 155 Å². The average Bonchev–Trinajstić information content (AvgIpc) is 1.64. The molecule has 5 nitrogen and oxygen atoms in total. The van der Waals surface area contributed by atoms with E-state index < -0.39 is 25.0 Å². The van der Waals surface area contributed by atoms with Crippen molar-refractivity contribution in [2.24, 2.45) is 0 Å². The van der Waals surface area contributed by atoms with Crippen LogP contribution in [0.2, 0.25) is 30.1 Å². The third-order valence-electron chi connectivity index (χ3n) is 14.3. The molecule has 0 spiro atoms. The second-order valence-corrected chi connectivity index (χ2v) is 33.2. The van der Waals surface area contributed by atoms with Gasteiger partial charge in [0, 0.05) is 94.8 Å². The molecule has 0 saturated carbocycles. The van der Waals surface area contributed by atoms with E-state index >= 15 is 0 Å². The van der Waals surface area contributed by atoms with Crippen molar-refractivity contribution >= 4 is 268 Å². The number of halogens is 10. The first-order valence-corrected chi connectivity index (χ1v) is 41.9. The maximum atomic E-state index is 11.7. The molecule has 12 aromatic carbocycles. The van der Waals surface area contributed by atoms with E-state index in [9.17, 15) is 14.3 Å².